The fourth-order valence-electron chi connectivity index (χ4n) is 4.34. The summed E-state index contributed by atoms with van der Waals surface area (Å²) in [6.45, 7) is 8.26. The molecular weight excluding hydrogens is 420 g/mol. The Hall–Kier alpha value is -3.16. The average molecular weight is 451 g/mol. The number of aliphatic hydroxyl groups excluding tert-OH is 1. The first kappa shape index (κ1) is 23.0. The highest BCUT2D eigenvalue weighted by Gasteiger charge is 2.46. The number of hydrogen-bond donors (Lipinski definition) is 1. The highest BCUT2D eigenvalue weighted by atomic mass is 16.5. The molecule has 0 saturated carbocycles. The minimum Gasteiger partial charge on any atom is -0.507 e. The van der Waals surface area contributed by atoms with E-state index in [4.69, 9.17) is 9.47 Å². The Morgan fingerprint density at radius 1 is 1.09 bits per heavy atom. The minimum atomic E-state index is -0.687. The van der Waals surface area contributed by atoms with E-state index in [1.807, 2.05) is 50.2 Å². The fraction of sp³-hybridized carbons (Fsp3) is 0.385. The molecule has 2 saturated heterocycles. The second kappa shape index (κ2) is 10.2. The maximum Gasteiger partial charge on any atom is 0.295 e. The third kappa shape index (κ3) is 4.94. The second-order valence-corrected chi connectivity index (χ2v) is 8.32. The zero-order chi connectivity index (χ0) is 23.4. The van der Waals surface area contributed by atoms with Gasteiger partial charge in [-0.05, 0) is 31.5 Å². The number of aryl methyl sites for hydroxylation is 1. The van der Waals surface area contributed by atoms with Crippen molar-refractivity contribution < 1.29 is 24.2 Å². The van der Waals surface area contributed by atoms with Gasteiger partial charge in [0.2, 0.25) is 0 Å². The first-order chi connectivity index (χ1) is 16.0. The van der Waals surface area contributed by atoms with Gasteiger partial charge in [-0.3, -0.25) is 14.5 Å². The first-order valence-electron chi connectivity index (χ1n) is 11.4. The van der Waals surface area contributed by atoms with Crippen molar-refractivity contribution in [3.05, 3.63) is 70.8 Å². The second-order valence-electron chi connectivity index (χ2n) is 8.32. The number of carbonyl (C=O) groups excluding carboxylic acids is 2. The smallest absolute Gasteiger partial charge is 0.295 e. The third-order valence-corrected chi connectivity index (χ3v) is 6.11. The number of nitrogens with zero attached hydrogens (tertiary/aromatic N) is 2. The van der Waals surface area contributed by atoms with Gasteiger partial charge in [-0.25, -0.2) is 0 Å². The van der Waals surface area contributed by atoms with Crippen molar-refractivity contribution in [1.29, 1.82) is 0 Å². The molecule has 2 aliphatic heterocycles. The van der Waals surface area contributed by atoms with E-state index in [0.717, 1.165) is 24.2 Å². The fourth-order valence-corrected chi connectivity index (χ4v) is 4.34. The number of benzene rings is 2. The van der Waals surface area contributed by atoms with E-state index in [1.165, 1.54) is 0 Å². The quantitative estimate of drug-likeness (QED) is 0.397. The summed E-state index contributed by atoms with van der Waals surface area (Å²) in [5.41, 5.74) is 2.39. The van der Waals surface area contributed by atoms with E-state index < -0.39 is 17.7 Å². The molecule has 7 heteroatoms. The van der Waals surface area contributed by atoms with Crippen LogP contribution < -0.4 is 4.74 Å². The summed E-state index contributed by atoms with van der Waals surface area (Å²) < 4.78 is 11.1. The molecule has 1 N–H and O–H groups in total. The summed E-state index contributed by atoms with van der Waals surface area (Å²) in [6.07, 6.45) is 0. The van der Waals surface area contributed by atoms with Gasteiger partial charge in [-0.1, -0.05) is 42.0 Å². The van der Waals surface area contributed by atoms with Crippen LogP contribution in [0.2, 0.25) is 0 Å². The number of likely N-dealkylation sites (tertiary alicyclic amines) is 1. The van der Waals surface area contributed by atoms with Gasteiger partial charge < -0.3 is 19.5 Å². The molecule has 174 valence electrons. The number of aliphatic hydroxyl groups is 1. The monoisotopic (exact) mass is 450 g/mol. The molecule has 1 atom stereocenters. The van der Waals surface area contributed by atoms with Crippen LogP contribution in [0.4, 0.5) is 0 Å². The molecule has 0 bridgehead atoms. The molecule has 0 aliphatic carbocycles. The van der Waals surface area contributed by atoms with Crippen LogP contribution in [0.25, 0.3) is 5.76 Å². The first-order valence-corrected chi connectivity index (χ1v) is 11.4. The number of Topliss-reactive ketones (excluding diaryl/α,β-unsaturated/α-hetero) is 1. The number of rotatable bonds is 7. The number of amides is 1. The number of carbonyl (C=O) groups is 2. The van der Waals surface area contributed by atoms with Crippen molar-refractivity contribution in [3.63, 3.8) is 0 Å². The Morgan fingerprint density at radius 2 is 1.82 bits per heavy atom. The molecule has 2 aromatic rings. The number of hydrogen-bond acceptors (Lipinski definition) is 6. The molecule has 33 heavy (non-hydrogen) atoms. The van der Waals surface area contributed by atoms with Crippen molar-refractivity contribution in [1.82, 2.24) is 9.80 Å². The standard InChI is InChI=1S/C26H30N2O5/c1-3-33-21-6-4-5-20(17-21)23-22(24(29)19-9-7-18(2)8-10-19)25(30)26(31)28(23)12-11-27-13-15-32-16-14-27/h4-10,17,23,29H,3,11-16H2,1-2H3. The van der Waals surface area contributed by atoms with Crippen LogP contribution in [-0.2, 0) is 14.3 Å². The normalized spacial score (nSPS) is 20.9. The summed E-state index contributed by atoms with van der Waals surface area (Å²) in [6, 6.07) is 14.0. The molecule has 2 heterocycles. The molecular formula is C26H30N2O5. The van der Waals surface area contributed by atoms with Gasteiger partial charge in [0.15, 0.2) is 0 Å². The maximum absolute atomic E-state index is 13.2. The third-order valence-electron chi connectivity index (χ3n) is 6.11. The Kier molecular flexibility index (Phi) is 7.11. The number of ketones is 1. The molecule has 2 fully saturated rings. The van der Waals surface area contributed by atoms with Crippen molar-refractivity contribution in [3.8, 4) is 5.75 Å². The van der Waals surface area contributed by atoms with Crippen molar-refractivity contribution in [2.75, 3.05) is 46.0 Å². The van der Waals surface area contributed by atoms with Crippen LogP contribution in [0.3, 0.4) is 0 Å². The van der Waals surface area contributed by atoms with Crippen molar-refractivity contribution >= 4 is 17.4 Å². The van der Waals surface area contributed by atoms with Gasteiger partial charge in [0.1, 0.15) is 11.5 Å². The van der Waals surface area contributed by atoms with Gasteiger partial charge in [-0.2, -0.15) is 0 Å². The molecule has 1 unspecified atom stereocenters. The average Bonchev–Trinajstić information content (AvgIpc) is 3.09. The molecule has 2 aliphatic rings. The molecule has 4 rings (SSSR count). The van der Waals surface area contributed by atoms with Crippen LogP contribution in [0.5, 0.6) is 5.75 Å². The molecule has 1 amide bonds. The molecule has 0 radical (unpaired) electrons. The summed E-state index contributed by atoms with van der Waals surface area (Å²) in [7, 11) is 0. The Balaban J connectivity index is 1.74. The minimum absolute atomic E-state index is 0.111. The lowest BCUT2D eigenvalue weighted by Crippen LogP contribution is -2.42. The lowest BCUT2D eigenvalue weighted by atomic mass is 9.95. The predicted molar refractivity (Wildman–Crippen MR) is 125 cm³/mol. The van der Waals surface area contributed by atoms with Gasteiger partial charge >= 0.3 is 0 Å². The van der Waals surface area contributed by atoms with E-state index >= 15 is 0 Å². The van der Waals surface area contributed by atoms with Crippen LogP contribution in [-0.4, -0.2) is 72.6 Å². The van der Waals surface area contributed by atoms with Gasteiger partial charge in [-0.15, -0.1) is 0 Å². The van der Waals surface area contributed by atoms with Gasteiger partial charge in [0, 0.05) is 31.7 Å². The lowest BCUT2D eigenvalue weighted by molar-refractivity contribution is -0.140. The SMILES string of the molecule is CCOc1cccc(C2C(=C(O)c3ccc(C)cc3)C(=O)C(=O)N2CCN2CCOCC2)c1. The molecule has 7 nitrogen and oxygen atoms in total. The van der Waals surface area contributed by atoms with Gasteiger partial charge in [0.05, 0.1) is 31.4 Å². The maximum atomic E-state index is 13.2. The lowest BCUT2D eigenvalue weighted by Gasteiger charge is -2.31. The van der Waals surface area contributed by atoms with Crippen LogP contribution in [0, 0.1) is 6.92 Å². The summed E-state index contributed by atoms with van der Waals surface area (Å²) in [4.78, 5) is 30.1. The van der Waals surface area contributed by atoms with Crippen LogP contribution >= 0.6 is 0 Å². The Labute approximate surface area is 194 Å². The summed E-state index contributed by atoms with van der Waals surface area (Å²) >= 11 is 0. The zero-order valence-corrected chi connectivity index (χ0v) is 19.1. The Bertz CT molecular complexity index is 1040. The van der Waals surface area contributed by atoms with E-state index in [1.54, 1.807) is 17.0 Å². The van der Waals surface area contributed by atoms with E-state index in [2.05, 4.69) is 4.90 Å². The van der Waals surface area contributed by atoms with Crippen LogP contribution in [0.1, 0.15) is 29.7 Å². The summed E-state index contributed by atoms with van der Waals surface area (Å²) in [5.74, 6) is -0.760. The number of ether oxygens (including phenoxy) is 2. The largest absolute Gasteiger partial charge is 0.507 e. The van der Waals surface area contributed by atoms with E-state index in [-0.39, 0.29) is 11.3 Å². The topological polar surface area (TPSA) is 79.3 Å². The highest BCUT2D eigenvalue weighted by Crippen LogP contribution is 2.40. The molecule has 0 aromatic heterocycles. The van der Waals surface area contributed by atoms with Crippen molar-refractivity contribution in [2.45, 2.75) is 19.9 Å². The van der Waals surface area contributed by atoms with E-state index in [0.29, 0.717) is 44.2 Å². The van der Waals surface area contributed by atoms with Gasteiger partial charge in [0.25, 0.3) is 11.7 Å². The highest BCUT2D eigenvalue weighted by molar-refractivity contribution is 6.46. The van der Waals surface area contributed by atoms with Crippen molar-refractivity contribution in [2.24, 2.45) is 0 Å². The molecule has 0 spiro atoms. The summed E-state index contributed by atoms with van der Waals surface area (Å²) in [5, 5.41) is 11.2. The zero-order valence-electron chi connectivity index (χ0n) is 19.1. The molecule has 2 aromatic carbocycles. The Morgan fingerprint density at radius 3 is 2.52 bits per heavy atom. The van der Waals surface area contributed by atoms with Crippen LogP contribution in [0.15, 0.2) is 54.1 Å². The predicted octanol–water partition coefficient (Wildman–Crippen LogP) is 3.15. The van der Waals surface area contributed by atoms with E-state index in [9.17, 15) is 14.7 Å². The number of morpholine rings is 1.